The van der Waals surface area contributed by atoms with Crippen LogP contribution in [0, 0.1) is 0 Å². The van der Waals surface area contributed by atoms with Crippen LogP contribution in [0.3, 0.4) is 0 Å². The fraction of sp³-hybridized carbons (Fsp3) is 0.714. The van der Waals surface area contributed by atoms with Gasteiger partial charge in [-0.1, -0.05) is 20.8 Å². The van der Waals surface area contributed by atoms with Gasteiger partial charge in [0.15, 0.2) is 0 Å². The molecule has 0 aromatic carbocycles. The Morgan fingerprint density at radius 1 is 1.48 bits per heavy atom. The van der Waals surface area contributed by atoms with Crippen LogP contribution in [-0.4, -0.2) is 27.5 Å². The lowest BCUT2D eigenvalue weighted by Crippen LogP contribution is -2.47. The second kappa shape index (κ2) is 7.47. The number of nitrogens with one attached hydrogen (secondary N) is 1. The molecule has 0 spiro atoms. The van der Waals surface area contributed by atoms with Gasteiger partial charge in [-0.25, -0.2) is 4.98 Å². The average Bonchev–Trinajstić information content (AvgIpc) is 2.71. The summed E-state index contributed by atoms with van der Waals surface area (Å²) in [6.45, 7) is 8.99. The highest BCUT2D eigenvalue weighted by molar-refractivity contribution is 5.85. The molecule has 0 saturated carbocycles. The number of carbonyl (C=O) groups is 1. The molecule has 1 aliphatic heterocycles. The quantitative estimate of drug-likeness (QED) is 0.864. The summed E-state index contributed by atoms with van der Waals surface area (Å²) in [5, 5.41) is 2.99. The first-order valence-corrected chi connectivity index (χ1v) is 6.90. The first-order valence-electron chi connectivity index (χ1n) is 6.90. The Kier molecular flexibility index (Phi) is 7.20. The third-order valence-corrected chi connectivity index (χ3v) is 3.52. The van der Waals surface area contributed by atoms with E-state index in [-0.39, 0.29) is 42.2 Å². The summed E-state index contributed by atoms with van der Waals surface area (Å²) in [5.41, 5.74) is 6.75. The van der Waals surface area contributed by atoms with E-state index in [9.17, 15) is 4.79 Å². The van der Waals surface area contributed by atoms with Crippen molar-refractivity contribution in [2.24, 2.45) is 5.73 Å². The van der Waals surface area contributed by atoms with Gasteiger partial charge < -0.3 is 15.6 Å². The second-order valence-corrected chi connectivity index (χ2v) is 6.48. The Balaban J connectivity index is 0.00000200. The summed E-state index contributed by atoms with van der Waals surface area (Å²) in [4.78, 5) is 16.3. The molecule has 2 rings (SSSR count). The van der Waals surface area contributed by atoms with Crippen LogP contribution in [0.25, 0.3) is 0 Å². The van der Waals surface area contributed by atoms with Crippen molar-refractivity contribution in [3.8, 4) is 0 Å². The minimum atomic E-state index is -0.450. The number of imidazole rings is 1. The molecule has 1 unspecified atom stereocenters. The maximum absolute atomic E-state index is 11.6. The SMILES string of the molecule is C[C@@H](N)C(=O)NC1CCc2nc(C(C)(C)C)cn2C1.Cl.Cl. The molecule has 21 heavy (non-hydrogen) atoms. The van der Waals surface area contributed by atoms with E-state index < -0.39 is 6.04 Å². The van der Waals surface area contributed by atoms with Crippen LogP contribution in [-0.2, 0) is 23.2 Å². The molecule has 122 valence electrons. The zero-order chi connectivity index (χ0) is 14.2. The number of hydrogen-bond donors (Lipinski definition) is 2. The van der Waals surface area contributed by atoms with Gasteiger partial charge in [0.25, 0.3) is 0 Å². The van der Waals surface area contributed by atoms with E-state index in [1.165, 1.54) is 0 Å². The molecule has 1 aromatic heterocycles. The minimum absolute atomic E-state index is 0. The van der Waals surface area contributed by atoms with Crippen molar-refractivity contribution in [3.63, 3.8) is 0 Å². The molecule has 0 bridgehead atoms. The summed E-state index contributed by atoms with van der Waals surface area (Å²) >= 11 is 0. The standard InChI is InChI=1S/C14H24N4O.2ClH/c1-9(15)13(19)16-10-5-6-12-17-11(14(2,3)4)8-18(12)7-10;;/h8-10H,5-7,15H2,1-4H3,(H,16,19);2*1H/t9-,10?;;/m1../s1. The van der Waals surface area contributed by atoms with Crippen LogP contribution in [0.15, 0.2) is 6.20 Å². The largest absolute Gasteiger partial charge is 0.350 e. The third-order valence-electron chi connectivity index (χ3n) is 3.52. The number of nitrogens with zero attached hydrogens (tertiary/aromatic N) is 2. The van der Waals surface area contributed by atoms with Gasteiger partial charge in [-0.2, -0.15) is 0 Å². The predicted octanol–water partition coefficient (Wildman–Crippen LogP) is 1.80. The van der Waals surface area contributed by atoms with Crippen molar-refractivity contribution in [2.45, 2.75) is 64.6 Å². The van der Waals surface area contributed by atoms with Crippen molar-refractivity contribution in [2.75, 3.05) is 0 Å². The van der Waals surface area contributed by atoms with Crippen molar-refractivity contribution >= 4 is 30.7 Å². The van der Waals surface area contributed by atoms with Gasteiger partial charge in [-0.05, 0) is 13.3 Å². The van der Waals surface area contributed by atoms with Crippen molar-refractivity contribution in [1.82, 2.24) is 14.9 Å². The van der Waals surface area contributed by atoms with E-state index in [0.29, 0.717) is 0 Å². The molecule has 1 aliphatic rings. The summed E-state index contributed by atoms with van der Waals surface area (Å²) in [5.74, 6) is 1.04. The molecular weight excluding hydrogens is 311 g/mol. The van der Waals surface area contributed by atoms with Gasteiger partial charge in [-0.15, -0.1) is 24.8 Å². The molecule has 0 fully saturated rings. The fourth-order valence-electron chi connectivity index (χ4n) is 2.26. The summed E-state index contributed by atoms with van der Waals surface area (Å²) in [6.07, 6.45) is 3.94. The van der Waals surface area contributed by atoms with E-state index in [1.807, 2.05) is 0 Å². The van der Waals surface area contributed by atoms with Crippen LogP contribution < -0.4 is 11.1 Å². The lowest BCUT2D eigenvalue weighted by Gasteiger charge is -2.25. The maximum Gasteiger partial charge on any atom is 0.236 e. The topological polar surface area (TPSA) is 72.9 Å². The summed E-state index contributed by atoms with van der Waals surface area (Å²) in [7, 11) is 0. The van der Waals surface area contributed by atoms with Crippen LogP contribution >= 0.6 is 24.8 Å². The van der Waals surface area contributed by atoms with E-state index in [1.54, 1.807) is 6.92 Å². The highest BCUT2D eigenvalue weighted by Crippen LogP contribution is 2.24. The molecule has 0 radical (unpaired) electrons. The zero-order valence-corrected chi connectivity index (χ0v) is 14.7. The van der Waals surface area contributed by atoms with E-state index in [2.05, 4.69) is 36.9 Å². The normalized spacial score (nSPS) is 18.8. The Labute approximate surface area is 138 Å². The molecule has 2 atom stereocenters. The van der Waals surface area contributed by atoms with Gasteiger partial charge in [-0.3, -0.25) is 4.79 Å². The molecule has 0 aliphatic carbocycles. The molecule has 3 N–H and O–H groups in total. The number of hydrogen-bond acceptors (Lipinski definition) is 3. The number of fused-ring (bicyclic) bond motifs is 1. The average molecular weight is 337 g/mol. The molecule has 5 nitrogen and oxygen atoms in total. The van der Waals surface area contributed by atoms with Crippen molar-refractivity contribution in [3.05, 3.63) is 17.7 Å². The predicted molar refractivity (Wildman–Crippen MR) is 89.3 cm³/mol. The van der Waals surface area contributed by atoms with Gasteiger partial charge >= 0.3 is 0 Å². The highest BCUT2D eigenvalue weighted by atomic mass is 35.5. The molecule has 1 aromatic rings. The van der Waals surface area contributed by atoms with E-state index in [0.717, 1.165) is 30.9 Å². The first-order chi connectivity index (χ1) is 8.77. The first kappa shape index (κ1) is 20.2. The smallest absolute Gasteiger partial charge is 0.236 e. The zero-order valence-electron chi connectivity index (χ0n) is 13.0. The second-order valence-electron chi connectivity index (χ2n) is 6.48. The Bertz CT molecular complexity index is 480. The third kappa shape index (κ3) is 4.87. The molecule has 0 saturated heterocycles. The number of aromatic nitrogens is 2. The van der Waals surface area contributed by atoms with Crippen molar-refractivity contribution < 1.29 is 4.79 Å². The maximum atomic E-state index is 11.6. The number of rotatable bonds is 2. The minimum Gasteiger partial charge on any atom is -0.350 e. The Hall–Kier alpha value is -0.780. The lowest BCUT2D eigenvalue weighted by atomic mass is 9.93. The highest BCUT2D eigenvalue weighted by Gasteiger charge is 2.25. The monoisotopic (exact) mass is 336 g/mol. The van der Waals surface area contributed by atoms with Gasteiger partial charge in [0.2, 0.25) is 5.91 Å². The Morgan fingerprint density at radius 2 is 2.10 bits per heavy atom. The molecular formula is C14H26Cl2N4O. The fourth-order valence-corrected chi connectivity index (χ4v) is 2.26. The van der Waals surface area contributed by atoms with E-state index >= 15 is 0 Å². The number of carbonyl (C=O) groups excluding carboxylic acids is 1. The number of aryl methyl sites for hydroxylation is 1. The van der Waals surface area contributed by atoms with E-state index in [4.69, 9.17) is 10.7 Å². The van der Waals surface area contributed by atoms with Gasteiger partial charge in [0.05, 0.1) is 11.7 Å². The number of amides is 1. The van der Waals surface area contributed by atoms with Crippen LogP contribution in [0.2, 0.25) is 0 Å². The molecule has 7 heteroatoms. The van der Waals surface area contributed by atoms with Gasteiger partial charge in [0, 0.05) is 30.6 Å². The summed E-state index contributed by atoms with van der Waals surface area (Å²) < 4.78 is 2.16. The van der Waals surface area contributed by atoms with Crippen LogP contribution in [0.5, 0.6) is 0 Å². The van der Waals surface area contributed by atoms with Crippen LogP contribution in [0.4, 0.5) is 0 Å². The molecule has 1 amide bonds. The molecule has 2 heterocycles. The lowest BCUT2D eigenvalue weighted by molar-refractivity contribution is -0.122. The number of nitrogens with two attached hydrogens (primary N) is 1. The number of halogens is 2. The summed E-state index contributed by atoms with van der Waals surface area (Å²) in [6, 6.07) is -0.290. The Morgan fingerprint density at radius 3 is 2.62 bits per heavy atom. The van der Waals surface area contributed by atoms with Gasteiger partial charge in [0.1, 0.15) is 5.82 Å². The van der Waals surface area contributed by atoms with Crippen molar-refractivity contribution in [1.29, 1.82) is 0 Å². The van der Waals surface area contributed by atoms with Crippen LogP contribution in [0.1, 0.15) is 45.6 Å².